The van der Waals surface area contributed by atoms with E-state index in [1.54, 1.807) is 6.20 Å². The Morgan fingerprint density at radius 3 is 2.69 bits per heavy atom. The van der Waals surface area contributed by atoms with Gasteiger partial charge in [0.25, 0.3) is 0 Å². The molecule has 0 aliphatic rings. The lowest BCUT2D eigenvalue weighted by atomic mass is 10.2. The van der Waals surface area contributed by atoms with Crippen molar-refractivity contribution in [3.05, 3.63) is 42.4 Å². The summed E-state index contributed by atoms with van der Waals surface area (Å²) in [6.45, 7) is 3.66. The predicted octanol–water partition coefficient (Wildman–Crippen LogP) is 2.87. The van der Waals surface area contributed by atoms with Crippen LogP contribution in [0.15, 0.2) is 40.9 Å². The second-order valence-corrected chi connectivity index (χ2v) is 3.26. The molecule has 86 valence electrons. The Labute approximate surface area is 101 Å². The molecule has 1 aromatic heterocycles. The van der Waals surface area contributed by atoms with Crippen molar-refractivity contribution in [2.24, 2.45) is 0 Å². The van der Waals surface area contributed by atoms with Crippen LogP contribution in [0.5, 0.6) is 0 Å². The zero-order valence-electron chi connectivity index (χ0n) is 9.14. The fourth-order valence-electron chi connectivity index (χ4n) is 1.36. The number of hydrogen-bond donors (Lipinski definition) is 1. The van der Waals surface area contributed by atoms with Crippen molar-refractivity contribution in [2.75, 3.05) is 6.54 Å². The zero-order valence-corrected chi connectivity index (χ0v) is 9.96. The Kier molecular flexibility index (Phi) is 5.02. The molecule has 0 aliphatic carbocycles. The van der Waals surface area contributed by atoms with E-state index in [1.165, 1.54) is 0 Å². The summed E-state index contributed by atoms with van der Waals surface area (Å²) in [4.78, 5) is 4.20. The molecule has 3 nitrogen and oxygen atoms in total. The monoisotopic (exact) mass is 238 g/mol. The van der Waals surface area contributed by atoms with Gasteiger partial charge in [-0.15, -0.1) is 12.4 Å². The molecule has 1 heterocycles. The van der Waals surface area contributed by atoms with Gasteiger partial charge in [-0.2, -0.15) is 0 Å². The third kappa shape index (κ3) is 3.08. The molecule has 4 heteroatoms. The van der Waals surface area contributed by atoms with E-state index < -0.39 is 0 Å². The fraction of sp³-hybridized carbons (Fsp3) is 0.250. The average molecular weight is 239 g/mol. The Morgan fingerprint density at radius 2 is 2.00 bits per heavy atom. The number of aromatic nitrogens is 1. The SMILES string of the molecule is CCNCc1ncc(-c2ccccc2)o1.Cl. The van der Waals surface area contributed by atoms with Crippen molar-refractivity contribution in [3.8, 4) is 11.3 Å². The molecule has 0 fully saturated rings. The number of benzene rings is 1. The summed E-state index contributed by atoms with van der Waals surface area (Å²) in [5.41, 5.74) is 1.06. The van der Waals surface area contributed by atoms with E-state index in [2.05, 4.69) is 17.2 Å². The van der Waals surface area contributed by atoms with Gasteiger partial charge in [0.2, 0.25) is 5.89 Å². The molecule has 0 aliphatic heterocycles. The van der Waals surface area contributed by atoms with Gasteiger partial charge in [0, 0.05) is 5.56 Å². The molecule has 0 radical (unpaired) electrons. The highest BCUT2D eigenvalue weighted by Crippen LogP contribution is 2.19. The summed E-state index contributed by atoms with van der Waals surface area (Å²) in [6.07, 6.45) is 1.77. The topological polar surface area (TPSA) is 38.1 Å². The molecule has 0 bridgehead atoms. The normalized spacial score (nSPS) is 9.81. The first-order valence-corrected chi connectivity index (χ1v) is 5.11. The van der Waals surface area contributed by atoms with Crippen LogP contribution in [0, 0.1) is 0 Å². The summed E-state index contributed by atoms with van der Waals surface area (Å²) < 4.78 is 5.60. The van der Waals surface area contributed by atoms with E-state index in [0.717, 1.165) is 23.8 Å². The van der Waals surface area contributed by atoms with Crippen LogP contribution in [0.2, 0.25) is 0 Å². The highest BCUT2D eigenvalue weighted by molar-refractivity contribution is 5.85. The van der Waals surface area contributed by atoms with E-state index in [4.69, 9.17) is 4.42 Å². The van der Waals surface area contributed by atoms with Crippen LogP contribution in [0.1, 0.15) is 12.8 Å². The molecule has 0 unspecified atom stereocenters. The number of rotatable bonds is 4. The average Bonchev–Trinajstić information content (AvgIpc) is 2.76. The van der Waals surface area contributed by atoms with Gasteiger partial charge < -0.3 is 9.73 Å². The molecular weight excluding hydrogens is 224 g/mol. The van der Waals surface area contributed by atoms with E-state index in [-0.39, 0.29) is 12.4 Å². The molecule has 0 saturated heterocycles. The first kappa shape index (κ1) is 12.7. The third-order valence-corrected chi connectivity index (χ3v) is 2.14. The highest BCUT2D eigenvalue weighted by Gasteiger charge is 2.04. The van der Waals surface area contributed by atoms with E-state index in [9.17, 15) is 0 Å². The quantitative estimate of drug-likeness (QED) is 0.890. The summed E-state index contributed by atoms with van der Waals surface area (Å²) in [5, 5.41) is 3.17. The smallest absolute Gasteiger partial charge is 0.208 e. The Bertz CT molecular complexity index is 414. The molecule has 1 aromatic carbocycles. The number of halogens is 1. The first-order chi connectivity index (χ1) is 7.40. The Hall–Kier alpha value is -1.32. The van der Waals surface area contributed by atoms with Gasteiger partial charge in [-0.3, -0.25) is 0 Å². The largest absolute Gasteiger partial charge is 0.439 e. The lowest BCUT2D eigenvalue weighted by molar-refractivity contribution is 0.482. The van der Waals surface area contributed by atoms with Crippen LogP contribution < -0.4 is 5.32 Å². The summed E-state index contributed by atoms with van der Waals surface area (Å²) >= 11 is 0. The summed E-state index contributed by atoms with van der Waals surface area (Å²) in [7, 11) is 0. The van der Waals surface area contributed by atoms with Gasteiger partial charge >= 0.3 is 0 Å². The maximum Gasteiger partial charge on any atom is 0.208 e. The van der Waals surface area contributed by atoms with Crippen LogP contribution in [-0.4, -0.2) is 11.5 Å². The van der Waals surface area contributed by atoms with Gasteiger partial charge in [0.1, 0.15) is 0 Å². The predicted molar refractivity (Wildman–Crippen MR) is 66.6 cm³/mol. The minimum atomic E-state index is 0. The number of oxazole rings is 1. The van der Waals surface area contributed by atoms with Crippen molar-refractivity contribution in [3.63, 3.8) is 0 Å². The van der Waals surface area contributed by atoms with Gasteiger partial charge in [0.15, 0.2) is 5.76 Å². The molecule has 0 spiro atoms. The molecule has 0 saturated carbocycles. The number of nitrogens with one attached hydrogen (secondary N) is 1. The Morgan fingerprint density at radius 1 is 1.25 bits per heavy atom. The fourth-order valence-corrected chi connectivity index (χ4v) is 1.36. The van der Waals surface area contributed by atoms with Gasteiger partial charge in [-0.25, -0.2) is 4.98 Å². The van der Waals surface area contributed by atoms with Gasteiger partial charge in [0.05, 0.1) is 12.7 Å². The van der Waals surface area contributed by atoms with Gasteiger partial charge in [-0.05, 0) is 6.54 Å². The van der Waals surface area contributed by atoms with Gasteiger partial charge in [-0.1, -0.05) is 37.3 Å². The van der Waals surface area contributed by atoms with Crippen LogP contribution in [-0.2, 0) is 6.54 Å². The summed E-state index contributed by atoms with van der Waals surface area (Å²) in [5.74, 6) is 1.55. The number of nitrogens with zero attached hydrogens (tertiary/aromatic N) is 1. The summed E-state index contributed by atoms with van der Waals surface area (Å²) in [6, 6.07) is 9.98. The first-order valence-electron chi connectivity index (χ1n) is 5.11. The van der Waals surface area contributed by atoms with E-state index >= 15 is 0 Å². The molecular formula is C12H15ClN2O. The maximum absolute atomic E-state index is 5.60. The molecule has 0 amide bonds. The van der Waals surface area contributed by atoms with Crippen LogP contribution in [0.3, 0.4) is 0 Å². The van der Waals surface area contributed by atoms with Crippen LogP contribution in [0.25, 0.3) is 11.3 Å². The Balaban J connectivity index is 0.00000128. The van der Waals surface area contributed by atoms with Crippen molar-refractivity contribution in [2.45, 2.75) is 13.5 Å². The minimum absolute atomic E-state index is 0. The molecule has 2 rings (SSSR count). The molecule has 1 N–H and O–H groups in total. The van der Waals surface area contributed by atoms with Crippen LogP contribution in [0.4, 0.5) is 0 Å². The maximum atomic E-state index is 5.60. The van der Waals surface area contributed by atoms with Crippen molar-refractivity contribution in [1.82, 2.24) is 10.3 Å². The second-order valence-electron chi connectivity index (χ2n) is 3.26. The molecule has 16 heavy (non-hydrogen) atoms. The van der Waals surface area contributed by atoms with Crippen molar-refractivity contribution in [1.29, 1.82) is 0 Å². The standard InChI is InChI=1S/C12H14N2O.ClH/c1-2-13-9-12-14-8-11(15-12)10-6-4-3-5-7-10;/h3-8,13H,2,9H2,1H3;1H. The van der Waals surface area contributed by atoms with Crippen LogP contribution >= 0.6 is 12.4 Å². The highest BCUT2D eigenvalue weighted by atomic mass is 35.5. The van der Waals surface area contributed by atoms with E-state index in [1.807, 2.05) is 30.3 Å². The van der Waals surface area contributed by atoms with Crippen molar-refractivity contribution >= 4 is 12.4 Å². The zero-order chi connectivity index (χ0) is 10.5. The van der Waals surface area contributed by atoms with E-state index in [0.29, 0.717) is 6.54 Å². The lowest BCUT2D eigenvalue weighted by Crippen LogP contribution is -2.11. The third-order valence-electron chi connectivity index (χ3n) is 2.14. The molecule has 2 aromatic rings. The number of hydrogen-bond acceptors (Lipinski definition) is 3. The molecule has 0 atom stereocenters. The lowest BCUT2D eigenvalue weighted by Gasteiger charge is -1.96. The minimum Gasteiger partial charge on any atom is -0.439 e. The second kappa shape index (κ2) is 6.30. The van der Waals surface area contributed by atoms with Crippen molar-refractivity contribution < 1.29 is 4.42 Å².